The topological polar surface area (TPSA) is 38.3 Å². The largest absolute Gasteiger partial charge is 0.469 e. The van der Waals surface area contributed by atoms with E-state index in [2.05, 4.69) is 10.1 Å². The molecule has 0 aliphatic rings. The molecule has 0 aromatic heterocycles. The minimum Gasteiger partial charge on any atom is -0.469 e. The summed E-state index contributed by atoms with van der Waals surface area (Å²) < 4.78 is 27.9. The molecule has 0 fully saturated rings. The molecule has 0 saturated carbocycles. The highest BCUT2D eigenvalue weighted by molar-refractivity contribution is 5.75. The van der Waals surface area contributed by atoms with Crippen molar-refractivity contribution in [2.45, 2.75) is 20.3 Å². The Bertz CT molecular complexity index is 172. The Labute approximate surface area is 76.4 Å². The predicted molar refractivity (Wildman–Crippen MR) is 44.7 cm³/mol. The Morgan fingerprint density at radius 2 is 2.08 bits per heavy atom. The molecule has 0 bridgehead atoms. The molecular formula is C8H15F2NO2. The fourth-order valence-corrected chi connectivity index (χ4v) is 0.842. The molecule has 0 aromatic rings. The first-order valence-electron chi connectivity index (χ1n) is 3.97. The van der Waals surface area contributed by atoms with Gasteiger partial charge in [0, 0.05) is 6.54 Å². The molecule has 1 N–H and O–H groups in total. The van der Waals surface area contributed by atoms with Crippen LogP contribution in [0.2, 0.25) is 0 Å². The van der Waals surface area contributed by atoms with Gasteiger partial charge in [-0.15, -0.1) is 0 Å². The van der Waals surface area contributed by atoms with Crippen LogP contribution in [-0.2, 0) is 9.53 Å². The first-order chi connectivity index (χ1) is 5.90. The van der Waals surface area contributed by atoms with E-state index >= 15 is 0 Å². The molecule has 3 nitrogen and oxygen atoms in total. The summed E-state index contributed by atoms with van der Waals surface area (Å²) in [4.78, 5) is 11.1. The van der Waals surface area contributed by atoms with Crippen molar-refractivity contribution in [2.75, 3.05) is 20.2 Å². The molecule has 13 heavy (non-hydrogen) atoms. The molecule has 0 atom stereocenters. The lowest BCUT2D eigenvalue weighted by Crippen LogP contribution is -2.38. The van der Waals surface area contributed by atoms with Crippen LogP contribution in [0, 0.1) is 5.41 Å². The van der Waals surface area contributed by atoms with Gasteiger partial charge in [-0.25, -0.2) is 8.78 Å². The summed E-state index contributed by atoms with van der Waals surface area (Å²) in [6, 6.07) is 0. The van der Waals surface area contributed by atoms with Crippen molar-refractivity contribution in [3.8, 4) is 0 Å². The Kier molecular flexibility index (Phi) is 4.83. The quantitative estimate of drug-likeness (QED) is 0.666. The van der Waals surface area contributed by atoms with E-state index in [4.69, 9.17) is 0 Å². The average molecular weight is 195 g/mol. The third-order valence-corrected chi connectivity index (χ3v) is 1.60. The first kappa shape index (κ1) is 12.3. The van der Waals surface area contributed by atoms with Crippen LogP contribution in [0.4, 0.5) is 8.78 Å². The number of alkyl halides is 2. The normalized spacial score (nSPS) is 11.8. The van der Waals surface area contributed by atoms with Crippen molar-refractivity contribution in [3.63, 3.8) is 0 Å². The molecule has 0 heterocycles. The van der Waals surface area contributed by atoms with Gasteiger partial charge in [0.1, 0.15) is 0 Å². The van der Waals surface area contributed by atoms with Gasteiger partial charge in [-0.1, -0.05) is 0 Å². The highest BCUT2D eigenvalue weighted by Gasteiger charge is 2.28. The van der Waals surface area contributed by atoms with E-state index in [-0.39, 0.29) is 6.54 Å². The highest BCUT2D eigenvalue weighted by Crippen LogP contribution is 2.15. The van der Waals surface area contributed by atoms with Crippen LogP contribution >= 0.6 is 0 Å². The number of carbonyl (C=O) groups excluding carboxylic acids is 1. The van der Waals surface area contributed by atoms with Crippen LogP contribution < -0.4 is 5.32 Å². The second-order valence-electron chi connectivity index (χ2n) is 3.40. The van der Waals surface area contributed by atoms with Crippen LogP contribution in [0.5, 0.6) is 0 Å². The zero-order chi connectivity index (χ0) is 10.5. The zero-order valence-electron chi connectivity index (χ0n) is 8.06. The van der Waals surface area contributed by atoms with Gasteiger partial charge < -0.3 is 10.1 Å². The van der Waals surface area contributed by atoms with E-state index < -0.39 is 24.4 Å². The third-order valence-electron chi connectivity index (χ3n) is 1.60. The summed E-state index contributed by atoms with van der Waals surface area (Å²) in [7, 11) is 1.27. The molecule has 0 spiro atoms. The SMILES string of the molecule is COC(=O)C(C)(C)CNCC(F)F. The number of esters is 1. The molecule has 0 unspecified atom stereocenters. The van der Waals surface area contributed by atoms with E-state index in [1.54, 1.807) is 13.8 Å². The molecule has 0 aliphatic heterocycles. The molecule has 0 saturated heterocycles. The van der Waals surface area contributed by atoms with E-state index in [0.717, 1.165) is 0 Å². The summed E-state index contributed by atoms with van der Waals surface area (Å²) >= 11 is 0. The minimum absolute atomic E-state index is 0.185. The van der Waals surface area contributed by atoms with Gasteiger partial charge in [0.15, 0.2) is 0 Å². The third kappa shape index (κ3) is 4.77. The predicted octanol–water partition coefficient (Wildman–Crippen LogP) is 1.04. The lowest BCUT2D eigenvalue weighted by atomic mass is 9.94. The van der Waals surface area contributed by atoms with Gasteiger partial charge >= 0.3 is 5.97 Å². The van der Waals surface area contributed by atoms with Crippen molar-refractivity contribution < 1.29 is 18.3 Å². The van der Waals surface area contributed by atoms with Gasteiger partial charge in [0.05, 0.1) is 19.1 Å². The van der Waals surface area contributed by atoms with Crippen LogP contribution in [-0.4, -0.2) is 32.6 Å². The van der Waals surface area contributed by atoms with Crippen LogP contribution in [0.25, 0.3) is 0 Å². The Hall–Kier alpha value is -0.710. The summed E-state index contributed by atoms with van der Waals surface area (Å²) in [6.45, 7) is 3.05. The number of methoxy groups -OCH3 is 1. The van der Waals surface area contributed by atoms with Crippen LogP contribution in [0.3, 0.4) is 0 Å². The van der Waals surface area contributed by atoms with Crippen molar-refractivity contribution in [1.82, 2.24) is 5.32 Å². The summed E-state index contributed by atoms with van der Waals surface area (Å²) in [5, 5.41) is 2.49. The molecular weight excluding hydrogens is 180 g/mol. The summed E-state index contributed by atoms with van der Waals surface area (Å²) in [5.41, 5.74) is -0.760. The fourth-order valence-electron chi connectivity index (χ4n) is 0.842. The minimum atomic E-state index is -2.39. The van der Waals surface area contributed by atoms with E-state index in [1.807, 2.05) is 0 Å². The number of halogens is 2. The number of carbonyl (C=O) groups is 1. The average Bonchev–Trinajstić information content (AvgIpc) is 2.01. The molecule has 0 aromatic carbocycles. The monoisotopic (exact) mass is 195 g/mol. The van der Waals surface area contributed by atoms with Gasteiger partial charge in [-0.2, -0.15) is 0 Å². The smallest absolute Gasteiger partial charge is 0.312 e. The van der Waals surface area contributed by atoms with Gasteiger partial charge in [-0.3, -0.25) is 4.79 Å². The fraction of sp³-hybridized carbons (Fsp3) is 0.875. The second-order valence-corrected chi connectivity index (χ2v) is 3.40. The van der Waals surface area contributed by atoms with E-state index in [9.17, 15) is 13.6 Å². The molecule has 78 valence electrons. The standard InChI is InChI=1S/C8H15F2NO2/c1-8(2,7(12)13-3)5-11-4-6(9)10/h6,11H,4-5H2,1-3H3. The van der Waals surface area contributed by atoms with E-state index in [0.29, 0.717) is 0 Å². The van der Waals surface area contributed by atoms with Crippen molar-refractivity contribution in [2.24, 2.45) is 5.41 Å². The Morgan fingerprint density at radius 1 is 1.54 bits per heavy atom. The molecule has 0 aliphatic carbocycles. The number of hydrogen-bond acceptors (Lipinski definition) is 3. The number of hydrogen-bond donors (Lipinski definition) is 1. The van der Waals surface area contributed by atoms with Crippen molar-refractivity contribution >= 4 is 5.97 Å². The van der Waals surface area contributed by atoms with Gasteiger partial charge in [0.25, 0.3) is 6.43 Å². The number of ether oxygens (including phenoxy) is 1. The first-order valence-corrected chi connectivity index (χ1v) is 3.97. The zero-order valence-corrected chi connectivity index (χ0v) is 8.06. The van der Waals surface area contributed by atoms with Gasteiger partial charge in [-0.05, 0) is 13.8 Å². The number of rotatable bonds is 5. The van der Waals surface area contributed by atoms with Crippen molar-refractivity contribution in [1.29, 1.82) is 0 Å². The molecule has 0 amide bonds. The second kappa shape index (κ2) is 5.11. The maximum Gasteiger partial charge on any atom is 0.312 e. The Balaban J connectivity index is 3.82. The maximum absolute atomic E-state index is 11.7. The number of nitrogens with one attached hydrogen (secondary N) is 1. The van der Waals surface area contributed by atoms with Crippen LogP contribution in [0.1, 0.15) is 13.8 Å². The lowest BCUT2D eigenvalue weighted by Gasteiger charge is -2.21. The highest BCUT2D eigenvalue weighted by atomic mass is 19.3. The summed E-state index contributed by atoms with van der Waals surface area (Å²) in [6.07, 6.45) is -2.39. The van der Waals surface area contributed by atoms with E-state index in [1.165, 1.54) is 7.11 Å². The van der Waals surface area contributed by atoms with Crippen LogP contribution in [0.15, 0.2) is 0 Å². The lowest BCUT2D eigenvalue weighted by molar-refractivity contribution is -0.150. The molecule has 0 rings (SSSR count). The molecule has 5 heteroatoms. The maximum atomic E-state index is 11.7. The summed E-state index contributed by atoms with van der Waals surface area (Å²) in [5.74, 6) is -0.408. The Morgan fingerprint density at radius 3 is 2.46 bits per heavy atom. The van der Waals surface area contributed by atoms with Gasteiger partial charge in [0.2, 0.25) is 0 Å². The van der Waals surface area contributed by atoms with Crippen molar-refractivity contribution in [3.05, 3.63) is 0 Å². The molecule has 0 radical (unpaired) electrons.